The van der Waals surface area contributed by atoms with Crippen LogP contribution in [0.15, 0.2) is 28.2 Å². The van der Waals surface area contributed by atoms with Gasteiger partial charge in [0, 0.05) is 9.75 Å². The fourth-order valence-electron chi connectivity index (χ4n) is 2.68. The molecule has 5 nitrogen and oxygen atoms in total. The predicted octanol–water partition coefficient (Wildman–Crippen LogP) is 6.80. The maximum absolute atomic E-state index is 13.1. The summed E-state index contributed by atoms with van der Waals surface area (Å²) in [4.78, 5) is 16.9. The van der Waals surface area contributed by atoms with Crippen LogP contribution >= 0.6 is 38.6 Å². The molecule has 3 aromatic heterocycles. The first-order valence-electron chi connectivity index (χ1n) is 8.82. The molecule has 0 atom stereocenters. The van der Waals surface area contributed by atoms with Crippen LogP contribution in [0.4, 0.5) is 10.5 Å². The van der Waals surface area contributed by atoms with Crippen molar-refractivity contribution in [1.29, 1.82) is 0 Å². The van der Waals surface area contributed by atoms with Crippen LogP contribution in [0.5, 0.6) is 0 Å². The van der Waals surface area contributed by atoms with Crippen LogP contribution in [0, 0.1) is 6.92 Å². The Morgan fingerprint density at radius 1 is 1.32 bits per heavy atom. The van der Waals surface area contributed by atoms with E-state index in [9.17, 15) is 4.79 Å². The van der Waals surface area contributed by atoms with Gasteiger partial charge in [-0.2, -0.15) is 5.10 Å². The average molecular weight is 480 g/mol. The Bertz CT molecular complexity index is 1030. The molecule has 1 amide bonds. The molecule has 28 heavy (non-hydrogen) atoms. The van der Waals surface area contributed by atoms with Crippen molar-refractivity contribution >= 4 is 66.7 Å². The van der Waals surface area contributed by atoms with Gasteiger partial charge in [-0.15, -0.1) is 27.8 Å². The third kappa shape index (κ3) is 4.61. The Kier molecular flexibility index (Phi) is 6.21. The second kappa shape index (κ2) is 8.31. The van der Waals surface area contributed by atoms with Gasteiger partial charge in [0.15, 0.2) is 0 Å². The quantitative estimate of drug-likeness (QED) is 0.412. The van der Waals surface area contributed by atoms with Crippen LogP contribution in [-0.2, 0) is 11.3 Å². The zero-order chi connectivity index (χ0) is 20.5. The van der Waals surface area contributed by atoms with Gasteiger partial charge in [-0.3, -0.25) is 4.90 Å². The zero-order valence-electron chi connectivity index (χ0n) is 16.4. The molecule has 148 valence electrons. The Morgan fingerprint density at radius 3 is 2.68 bits per heavy atom. The van der Waals surface area contributed by atoms with Crippen molar-refractivity contribution in [3.8, 4) is 0 Å². The van der Waals surface area contributed by atoms with Crippen molar-refractivity contribution in [2.75, 3.05) is 4.90 Å². The minimum absolute atomic E-state index is 0.398. The number of rotatable bonds is 4. The molecule has 3 rings (SSSR count). The Balaban J connectivity index is 2.11. The zero-order valence-corrected chi connectivity index (χ0v) is 19.7. The molecule has 0 saturated heterocycles. The summed E-state index contributed by atoms with van der Waals surface area (Å²) in [6.45, 7) is 10.0. The molecule has 0 aromatic carbocycles. The van der Waals surface area contributed by atoms with Crippen LogP contribution in [0.2, 0.25) is 0 Å². The molecular weight excluding hydrogens is 458 g/mol. The van der Waals surface area contributed by atoms with E-state index in [-0.39, 0.29) is 0 Å². The fraction of sp³-hybridized carbons (Fsp3) is 0.350. The molecule has 0 saturated carbocycles. The number of halogens is 1. The molecule has 0 aliphatic heterocycles. The number of hydrogen-bond donors (Lipinski definition) is 0. The fourth-order valence-corrected chi connectivity index (χ4v) is 5.38. The maximum Gasteiger partial charge on any atom is 0.415 e. The molecule has 3 aromatic rings. The van der Waals surface area contributed by atoms with Crippen molar-refractivity contribution in [2.45, 2.75) is 46.8 Å². The molecule has 3 heterocycles. The minimum Gasteiger partial charge on any atom is -0.443 e. The molecule has 0 N–H and O–H groups in total. The van der Waals surface area contributed by atoms with Crippen LogP contribution in [0.25, 0.3) is 16.3 Å². The predicted molar refractivity (Wildman–Crippen MR) is 121 cm³/mol. The lowest BCUT2D eigenvalue weighted by Crippen LogP contribution is -2.36. The van der Waals surface area contributed by atoms with Crippen LogP contribution in [0.3, 0.4) is 0 Å². The highest BCUT2D eigenvalue weighted by molar-refractivity contribution is 9.11. The van der Waals surface area contributed by atoms with E-state index in [0.29, 0.717) is 12.2 Å². The molecule has 0 unspecified atom stereocenters. The summed E-state index contributed by atoms with van der Waals surface area (Å²) in [6, 6.07) is 3.98. The molecule has 0 bridgehead atoms. The third-order valence-corrected chi connectivity index (χ3v) is 6.77. The Hall–Kier alpha value is -1.77. The molecule has 0 spiro atoms. The first-order valence-corrected chi connectivity index (χ1v) is 11.2. The van der Waals surface area contributed by atoms with Gasteiger partial charge in [0.05, 0.1) is 26.9 Å². The van der Waals surface area contributed by atoms with Gasteiger partial charge < -0.3 is 4.74 Å². The number of amides is 1. The summed E-state index contributed by atoms with van der Waals surface area (Å²) in [7, 11) is 0. The number of nitrogens with zero attached hydrogens (tertiary/aromatic N) is 3. The van der Waals surface area contributed by atoms with E-state index in [1.54, 1.807) is 33.8 Å². The Morgan fingerprint density at radius 2 is 2.07 bits per heavy atom. The lowest BCUT2D eigenvalue weighted by atomic mass is 10.2. The molecular formula is C20H22BrN3O2S2. The SMILES string of the molecule is C/C=C\c1sc2c(N(Cc3ccc(Br)s3)C(=O)OC(C)(C)C)cnnc2c1C. The van der Waals surface area contributed by atoms with Crippen molar-refractivity contribution in [1.82, 2.24) is 10.2 Å². The van der Waals surface area contributed by atoms with E-state index in [2.05, 4.69) is 32.2 Å². The standard InChI is InChI=1S/C20H22BrN3O2S2/c1-6-7-15-12(2)17-18(28-15)14(10-22-23-17)24(19(25)26-20(3,4)5)11-13-8-9-16(21)27-13/h6-10H,11H2,1-5H3/b7-6-. The highest BCUT2D eigenvalue weighted by atomic mass is 79.9. The third-order valence-electron chi connectivity index (χ3n) is 3.89. The summed E-state index contributed by atoms with van der Waals surface area (Å²) in [5.41, 5.74) is 2.01. The topological polar surface area (TPSA) is 55.3 Å². The smallest absolute Gasteiger partial charge is 0.415 e. The summed E-state index contributed by atoms with van der Waals surface area (Å²) in [6.07, 6.45) is 5.30. The number of ether oxygens (including phenoxy) is 1. The average Bonchev–Trinajstić information content (AvgIpc) is 3.15. The van der Waals surface area contributed by atoms with Gasteiger partial charge in [-0.25, -0.2) is 4.79 Å². The first-order chi connectivity index (χ1) is 13.2. The first kappa shape index (κ1) is 21.0. The van der Waals surface area contributed by atoms with Crippen LogP contribution in [-0.4, -0.2) is 21.9 Å². The van der Waals surface area contributed by atoms with Crippen molar-refractivity contribution < 1.29 is 9.53 Å². The number of hydrogen-bond acceptors (Lipinski definition) is 6. The van der Waals surface area contributed by atoms with E-state index in [0.717, 1.165) is 29.3 Å². The van der Waals surface area contributed by atoms with Gasteiger partial charge >= 0.3 is 6.09 Å². The van der Waals surface area contributed by atoms with Crippen molar-refractivity contribution in [3.63, 3.8) is 0 Å². The Labute approximate surface area is 181 Å². The highest BCUT2D eigenvalue weighted by Crippen LogP contribution is 2.38. The van der Waals surface area contributed by atoms with Crippen LogP contribution in [0.1, 0.15) is 43.0 Å². The summed E-state index contributed by atoms with van der Waals surface area (Å²) >= 11 is 6.69. The van der Waals surface area contributed by atoms with Gasteiger partial charge in [0.1, 0.15) is 11.1 Å². The van der Waals surface area contributed by atoms with E-state index in [1.807, 2.05) is 52.8 Å². The van der Waals surface area contributed by atoms with Gasteiger partial charge in [-0.1, -0.05) is 6.08 Å². The van der Waals surface area contributed by atoms with Gasteiger partial charge in [0.2, 0.25) is 0 Å². The molecule has 0 radical (unpaired) electrons. The molecule has 0 aliphatic carbocycles. The normalized spacial score (nSPS) is 12.1. The van der Waals surface area contributed by atoms with E-state index < -0.39 is 11.7 Å². The molecule has 8 heteroatoms. The monoisotopic (exact) mass is 479 g/mol. The maximum atomic E-state index is 13.1. The number of anilines is 1. The number of allylic oxidation sites excluding steroid dienone is 1. The summed E-state index contributed by atoms with van der Waals surface area (Å²) in [5.74, 6) is 0. The number of aryl methyl sites for hydroxylation is 1. The number of carbonyl (C=O) groups excluding carboxylic acids is 1. The number of thiophene rings is 2. The lowest BCUT2D eigenvalue weighted by molar-refractivity contribution is 0.0578. The van der Waals surface area contributed by atoms with E-state index in [1.165, 1.54) is 0 Å². The van der Waals surface area contributed by atoms with Crippen molar-refractivity contribution in [2.24, 2.45) is 0 Å². The number of fused-ring (bicyclic) bond motifs is 1. The molecule has 0 fully saturated rings. The second-order valence-corrected chi connectivity index (χ2v) is 10.9. The van der Waals surface area contributed by atoms with Gasteiger partial charge in [-0.05, 0) is 74.3 Å². The van der Waals surface area contributed by atoms with E-state index in [4.69, 9.17) is 4.74 Å². The number of carbonyl (C=O) groups is 1. The summed E-state index contributed by atoms with van der Waals surface area (Å²) < 4.78 is 7.64. The molecule has 0 aliphatic rings. The summed E-state index contributed by atoms with van der Waals surface area (Å²) in [5, 5.41) is 8.49. The largest absolute Gasteiger partial charge is 0.443 e. The van der Waals surface area contributed by atoms with Crippen molar-refractivity contribution in [3.05, 3.63) is 43.5 Å². The van der Waals surface area contributed by atoms with Gasteiger partial charge in [0.25, 0.3) is 0 Å². The minimum atomic E-state index is -0.591. The van der Waals surface area contributed by atoms with E-state index >= 15 is 0 Å². The number of aromatic nitrogens is 2. The second-order valence-electron chi connectivity index (χ2n) is 7.27. The lowest BCUT2D eigenvalue weighted by Gasteiger charge is -2.27. The van der Waals surface area contributed by atoms with Crippen LogP contribution < -0.4 is 4.90 Å². The highest BCUT2D eigenvalue weighted by Gasteiger charge is 2.27.